The Bertz CT molecular complexity index is 428. The second-order valence-corrected chi connectivity index (χ2v) is 6.09. The van der Waals surface area contributed by atoms with Gasteiger partial charge in [-0.2, -0.15) is 0 Å². The van der Waals surface area contributed by atoms with E-state index in [-0.39, 0.29) is 12.0 Å². The Morgan fingerprint density at radius 1 is 1.10 bits per heavy atom. The maximum absolute atomic E-state index is 12.3. The van der Waals surface area contributed by atoms with Crippen LogP contribution in [0, 0.1) is 17.8 Å². The summed E-state index contributed by atoms with van der Waals surface area (Å²) in [6.45, 7) is 0.669. The van der Waals surface area contributed by atoms with E-state index in [1.54, 1.807) is 6.08 Å². The van der Waals surface area contributed by atoms with E-state index in [1.807, 2.05) is 6.08 Å². The van der Waals surface area contributed by atoms with Crippen LogP contribution in [-0.2, 0) is 14.3 Å². The molecule has 0 aromatic rings. The lowest BCUT2D eigenvalue weighted by molar-refractivity contribution is -0.146. The van der Waals surface area contributed by atoms with Crippen LogP contribution >= 0.6 is 0 Å². The summed E-state index contributed by atoms with van der Waals surface area (Å²) in [4.78, 5) is 23.6. The van der Waals surface area contributed by atoms with Gasteiger partial charge in [0.05, 0.1) is 18.1 Å². The van der Waals surface area contributed by atoms with Crippen LogP contribution < -0.4 is 5.32 Å². The summed E-state index contributed by atoms with van der Waals surface area (Å²) in [7, 11) is 0. The molecular formula is C15H21NO4. The molecule has 110 valence electrons. The molecule has 2 heterocycles. The van der Waals surface area contributed by atoms with Gasteiger partial charge in [0.15, 0.2) is 0 Å². The Balaban J connectivity index is 1.58. The molecule has 0 aromatic heterocycles. The van der Waals surface area contributed by atoms with Gasteiger partial charge in [0.2, 0.25) is 5.91 Å². The predicted octanol–water partition coefficient (Wildman–Crippen LogP) is 1.34. The molecule has 2 bridgehead atoms. The third kappa shape index (κ3) is 2.46. The van der Waals surface area contributed by atoms with Crippen molar-refractivity contribution in [1.29, 1.82) is 0 Å². The molecule has 2 aliphatic heterocycles. The monoisotopic (exact) mass is 279 g/mol. The van der Waals surface area contributed by atoms with Crippen LogP contribution in [0.25, 0.3) is 0 Å². The minimum atomic E-state index is -0.945. The SMILES string of the molecule is O=C(O)[C@H]1[C@H](C(=O)NCC2CCCCC2)[C@H]2C=C[C@H]1O2. The van der Waals surface area contributed by atoms with E-state index < -0.39 is 23.9 Å². The summed E-state index contributed by atoms with van der Waals surface area (Å²) in [5.74, 6) is -1.88. The summed E-state index contributed by atoms with van der Waals surface area (Å²) < 4.78 is 5.52. The number of carbonyl (C=O) groups is 2. The highest BCUT2D eigenvalue weighted by Gasteiger charge is 2.53. The van der Waals surface area contributed by atoms with Gasteiger partial charge in [-0.15, -0.1) is 0 Å². The number of aliphatic carboxylic acids is 1. The molecule has 5 heteroatoms. The van der Waals surface area contributed by atoms with Gasteiger partial charge in [-0.25, -0.2) is 0 Å². The van der Waals surface area contributed by atoms with Crippen LogP contribution in [-0.4, -0.2) is 35.7 Å². The molecule has 0 radical (unpaired) electrons. The molecule has 3 rings (SSSR count). The number of hydrogen-bond acceptors (Lipinski definition) is 3. The average Bonchev–Trinajstić information content (AvgIpc) is 3.06. The highest BCUT2D eigenvalue weighted by atomic mass is 16.5. The zero-order chi connectivity index (χ0) is 14.1. The molecule has 0 unspecified atom stereocenters. The first-order chi connectivity index (χ1) is 9.66. The number of amides is 1. The third-order valence-electron chi connectivity index (χ3n) is 4.78. The van der Waals surface area contributed by atoms with Crippen LogP contribution in [0.3, 0.4) is 0 Å². The summed E-state index contributed by atoms with van der Waals surface area (Å²) in [5.41, 5.74) is 0. The lowest BCUT2D eigenvalue weighted by atomic mass is 9.82. The normalized spacial score (nSPS) is 36.2. The number of carboxylic acids is 1. The smallest absolute Gasteiger partial charge is 0.310 e. The lowest BCUT2D eigenvalue weighted by Crippen LogP contribution is -2.43. The van der Waals surface area contributed by atoms with Crippen LogP contribution in [0.5, 0.6) is 0 Å². The van der Waals surface area contributed by atoms with E-state index in [0.717, 1.165) is 12.8 Å². The van der Waals surface area contributed by atoms with Gasteiger partial charge in [-0.05, 0) is 18.8 Å². The largest absolute Gasteiger partial charge is 0.481 e. The van der Waals surface area contributed by atoms with Gasteiger partial charge in [-0.3, -0.25) is 9.59 Å². The zero-order valence-electron chi connectivity index (χ0n) is 11.5. The molecule has 1 aliphatic carbocycles. The van der Waals surface area contributed by atoms with Crippen LogP contribution in [0.2, 0.25) is 0 Å². The van der Waals surface area contributed by atoms with Gasteiger partial charge in [0.1, 0.15) is 5.92 Å². The molecule has 20 heavy (non-hydrogen) atoms. The highest BCUT2D eigenvalue weighted by molar-refractivity contribution is 5.87. The van der Waals surface area contributed by atoms with E-state index in [1.165, 1.54) is 19.3 Å². The molecule has 0 aromatic carbocycles. The Labute approximate surface area is 118 Å². The fourth-order valence-electron chi connectivity index (χ4n) is 3.67. The third-order valence-corrected chi connectivity index (χ3v) is 4.78. The lowest BCUT2D eigenvalue weighted by Gasteiger charge is -2.25. The van der Waals surface area contributed by atoms with Crippen LogP contribution in [0.15, 0.2) is 12.2 Å². The summed E-state index contributed by atoms with van der Waals surface area (Å²) in [6, 6.07) is 0. The predicted molar refractivity (Wildman–Crippen MR) is 72.0 cm³/mol. The van der Waals surface area contributed by atoms with Crippen molar-refractivity contribution in [3.8, 4) is 0 Å². The van der Waals surface area contributed by atoms with Crippen LogP contribution in [0.1, 0.15) is 32.1 Å². The fraction of sp³-hybridized carbons (Fsp3) is 0.733. The quantitative estimate of drug-likeness (QED) is 0.761. The highest BCUT2D eigenvalue weighted by Crippen LogP contribution is 2.39. The summed E-state index contributed by atoms with van der Waals surface area (Å²) >= 11 is 0. The minimum Gasteiger partial charge on any atom is -0.481 e. The van der Waals surface area contributed by atoms with Crippen molar-refractivity contribution in [2.24, 2.45) is 17.8 Å². The molecule has 4 atom stereocenters. The topological polar surface area (TPSA) is 75.6 Å². The number of hydrogen-bond donors (Lipinski definition) is 2. The number of carboxylic acid groups (broad SMARTS) is 1. The van der Waals surface area contributed by atoms with E-state index in [9.17, 15) is 14.7 Å². The van der Waals surface area contributed by atoms with E-state index in [4.69, 9.17) is 4.74 Å². The van der Waals surface area contributed by atoms with Gasteiger partial charge >= 0.3 is 5.97 Å². The molecule has 1 amide bonds. The van der Waals surface area contributed by atoms with Gasteiger partial charge in [0.25, 0.3) is 0 Å². The maximum atomic E-state index is 12.3. The minimum absolute atomic E-state index is 0.167. The number of rotatable bonds is 4. The number of nitrogens with one attached hydrogen (secondary N) is 1. The van der Waals surface area contributed by atoms with E-state index >= 15 is 0 Å². The first-order valence-electron chi connectivity index (χ1n) is 7.51. The second-order valence-electron chi connectivity index (χ2n) is 6.09. The number of fused-ring (bicyclic) bond motifs is 2. The van der Waals surface area contributed by atoms with Crippen molar-refractivity contribution in [3.63, 3.8) is 0 Å². The Morgan fingerprint density at radius 2 is 1.75 bits per heavy atom. The first-order valence-corrected chi connectivity index (χ1v) is 7.51. The number of ether oxygens (including phenoxy) is 1. The standard InChI is InChI=1S/C15H21NO4/c17-14(16-8-9-4-2-1-3-5-9)12-10-6-7-11(20-10)13(12)15(18)19/h6-7,9-13H,1-5,8H2,(H,16,17)(H,18,19)/t10-,11-,12-,13-/m1/s1. The second kappa shape index (κ2) is 5.56. The fourth-order valence-corrected chi connectivity index (χ4v) is 3.67. The van der Waals surface area contributed by atoms with Crippen molar-refractivity contribution >= 4 is 11.9 Å². The van der Waals surface area contributed by atoms with Crippen molar-refractivity contribution in [3.05, 3.63) is 12.2 Å². The van der Waals surface area contributed by atoms with Gasteiger partial charge in [0, 0.05) is 6.54 Å². The van der Waals surface area contributed by atoms with Crippen molar-refractivity contribution < 1.29 is 19.4 Å². The molecule has 2 fully saturated rings. The summed E-state index contributed by atoms with van der Waals surface area (Å²) in [5, 5.41) is 12.2. The number of carbonyl (C=O) groups excluding carboxylic acids is 1. The first kappa shape index (κ1) is 13.6. The summed E-state index contributed by atoms with van der Waals surface area (Å²) in [6.07, 6.45) is 8.84. The van der Waals surface area contributed by atoms with Crippen molar-refractivity contribution in [2.75, 3.05) is 6.54 Å². The molecular weight excluding hydrogens is 258 g/mol. The molecule has 3 aliphatic rings. The van der Waals surface area contributed by atoms with Gasteiger partial charge in [-0.1, -0.05) is 31.4 Å². The van der Waals surface area contributed by atoms with Crippen molar-refractivity contribution in [1.82, 2.24) is 5.32 Å². The molecule has 1 saturated heterocycles. The average molecular weight is 279 g/mol. The van der Waals surface area contributed by atoms with E-state index in [0.29, 0.717) is 12.5 Å². The van der Waals surface area contributed by atoms with Crippen LogP contribution in [0.4, 0.5) is 0 Å². The van der Waals surface area contributed by atoms with Crippen molar-refractivity contribution in [2.45, 2.75) is 44.3 Å². The Morgan fingerprint density at radius 3 is 2.40 bits per heavy atom. The molecule has 2 N–H and O–H groups in total. The molecule has 0 spiro atoms. The van der Waals surface area contributed by atoms with Gasteiger partial charge < -0.3 is 15.2 Å². The van der Waals surface area contributed by atoms with E-state index in [2.05, 4.69) is 5.32 Å². The Hall–Kier alpha value is -1.36. The molecule has 1 saturated carbocycles. The zero-order valence-corrected chi connectivity index (χ0v) is 11.5. The maximum Gasteiger partial charge on any atom is 0.310 e. The molecule has 5 nitrogen and oxygen atoms in total. The Kier molecular flexibility index (Phi) is 3.78.